The topological polar surface area (TPSA) is 39.7 Å². The van der Waals surface area contributed by atoms with Crippen molar-refractivity contribution in [1.82, 2.24) is 5.32 Å². The average molecular weight is 257 g/mol. The lowest BCUT2D eigenvalue weighted by Gasteiger charge is -2.39. The van der Waals surface area contributed by atoms with Gasteiger partial charge in [-0.25, -0.2) is 0 Å². The van der Waals surface area contributed by atoms with Gasteiger partial charge in [0.2, 0.25) is 0 Å². The van der Waals surface area contributed by atoms with Crippen molar-refractivity contribution in [2.24, 2.45) is 5.41 Å². The second-order valence-corrected chi connectivity index (χ2v) is 5.62. The zero-order valence-electron chi connectivity index (χ0n) is 11.6. The van der Waals surface area contributed by atoms with Crippen molar-refractivity contribution in [3.8, 4) is 0 Å². The molecule has 0 aromatic carbocycles. The Hall–Kier alpha value is -0.160. The summed E-state index contributed by atoms with van der Waals surface area (Å²) < 4.78 is 16.4. The average Bonchev–Trinajstić information content (AvgIpc) is 2.89. The van der Waals surface area contributed by atoms with Gasteiger partial charge in [0.25, 0.3) is 0 Å². The van der Waals surface area contributed by atoms with Crippen molar-refractivity contribution >= 4 is 0 Å². The lowest BCUT2D eigenvalue weighted by atomic mass is 9.75. The predicted molar refractivity (Wildman–Crippen MR) is 70.8 cm³/mol. The van der Waals surface area contributed by atoms with Crippen molar-refractivity contribution in [2.45, 2.75) is 38.2 Å². The minimum absolute atomic E-state index is 0.376. The van der Waals surface area contributed by atoms with Gasteiger partial charge in [-0.2, -0.15) is 0 Å². The Morgan fingerprint density at radius 2 is 2.11 bits per heavy atom. The van der Waals surface area contributed by atoms with E-state index in [0.717, 1.165) is 52.4 Å². The third kappa shape index (κ3) is 4.19. The normalized spacial score (nSPS) is 27.5. The molecule has 106 valence electrons. The Morgan fingerprint density at radius 1 is 1.28 bits per heavy atom. The fourth-order valence-corrected chi connectivity index (χ4v) is 3.07. The highest BCUT2D eigenvalue weighted by Crippen LogP contribution is 2.37. The lowest BCUT2D eigenvalue weighted by molar-refractivity contribution is -0.0194. The van der Waals surface area contributed by atoms with Gasteiger partial charge >= 0.3 is 0 Å². The number of rotatable bonds is 7. The van der Waals surface area contributed by atoms with Gasteiger partial charge in [-0.05, 0) is 37.5 Å². The van der Waals surface area contributed by atoms with Crippen LogP contribution in [0.5, 0.6) is 0 Å². The second-order valence-electron chi connectivity index (χ2n) is 5.62. The van der Waals surface area contributed by atoms with Crippen LogP contribution in [0.1, 0.15) is 32.1 Å². The van der Waals surface area contributed by atoms with E-state index in [2.05, 4.69) is 5.32 Å². The summed E-state index contributed by atoms with van der Waals surface area (Å²) in [6, 6.07) is 0. The zero-order valence-corrected chi connectivity index (χ0v) is 11.6. The highest BCUT2D eigenvalue weighted by molar-refractivity contribution is 4.87. The summed E-state index contributed by atoms with van der Waals surface area (Å²) in [7, 11) is 1.75. The van der Waals surface area contributed by atoms with Gasteiger partial charge in [0, 0.05) is 40.0 Å². The SMILES string of the molecule is COCCNCC1(CC2CCCO2)CCOCC1. The number of ether oxygens (including phenoxy) is 3. The molecule has 2 aliphatic rings. The summed E-state index contributed by atoms with van der Waals surface area (Å²) in [5, 5.41) is 3.53. The van der Waals surface area contributed by atoms with E-state index in [9.17, 15) is 0 Å². The Morgan fingerprint density at radius 3 is 2.78 bits per heavy atom. The van der Waals surface area contributed by atoms with Crippen molar-refractivity contribution in [2.75, 3.05) is 46.6 Å². The van der Waals surface area contributed by atoms with Gasteiger partial charge in [0.05, 0.1) is 12.7 Å². The van der Waals surface area contributed by atoms with Crippen LogP contribution in [-0.2, 0) is 14.2 Å². The summed E-state index contributed by atoms with van der Waals surface area (Å²) in [5.41, 5.74) is 0.376. The molecule has 1 unspecified atom stereocenters. The molecule has 1 atom stereocenters. The molecule has 0 aromatic heterocycles. The van der Waals surface area contributed by atoms with Crippen LogP contribution < -0.4 is 5.32 Å². The van der Waals surface area contributed by atoms with Crippen LogP contribution in [0.25, 0.3) is 0 Å². The first-order chi connectivity index (χ1) is 8.85. The fourth-order valence-electron chi connectivity index (χ4n) is 3.07. The molecule has 4 nitrogen and oxygen atoms in total. The molecule has 0 radical (unpaired) electrons. The fraction of sp³-hybridized carbons (Fsp3) is 1.00. The molecule has 18 heavy (non-hydrogen) atoms. The van der Waals surface area contributed by atoms with Crippen LogP contribution in [0.4, 0.5) is 0 Å². The number of hydrogen-bond acceptors (Lipinski definition) is 4. The molecule has 2 aliphatic heterocycles. The number of hydrogen-bond donors (Lipinski definition) is 1. The maximum atomic E-state index is 5.81. The number of methoxy groups -OCH3 is 1. The summed E-state index contributed by atoms with van der Waals surface area (Å²) in [5.74, 6) is 0. The Kier molecular flexibility index (Phi) is 5.89. The van der Waals surface area contributed by atoms with Crippen molar-refractivity contribution < 1.29 is 14.2 Å². The van der Waals surface area contributed by atoms with E-state index in [0.29, 0.717) is 11.5 Å². The first-order valence-electron chi connectivity index (χ1n) is 7.24. The van der Waals surface area contributed by atoms with Crippen LogP contribution in [0, 0.1) is 5.41 Å². The minimum atomic E-state index is 0.376. The van der Waals surface area contributed by atoms with Crippen LogP contribution in [0.15, 0.2) is 0 Å². The third-order valence-corrected chi connectivity index (χ3v) is 4.22. The molecule has 4 heteroatoms. The summed E-state index contributed by atoms with van der Waals surface area (Å²) in [6.45, 7) is 5.54. The van der Waals surface area contributed by atoms with E-state index in [1.165, 1.54) is 19.3 Å². The van der Waals surface area contributed by atoms with Crippen molar-refractivity contribution in [3.63, 3.8) is 0 Å². The van der Waals surface area contributed by atoms with E-state index in [4.69, 9.17) is 14.2 Å². The van der Waals surface area contributed by atoms with E-state index in [1.54, 1.807) is 7.11 Å². The minimum Gasteiger partial charge on any atom is -0.383 e. The third-order valence-electron chi connectivity index (χ3n) is 4.22. The molecule has 0 amide bonds. The smallest absolute Gasteiger partial charge is 0.0587 e. The zero-order chi connectivity index (χ0) is 12.7. The summed E-state index contributed by atoms with van der Waals surface area (Å²) in [6.07, 6.45) is 6.46. The van der Waals surface area contributed by atoms with Crippen molar-refractivity contribution in [3.05, 3.63) is 0 Å². The molecule has 1 N–H and O–H groups in total. The van der Waals surface area contributed by atoms with Gasteiger partial charge in [-0.3, -0.25) is 0 Å². The van der Waals surface area contributed by atoms with E-state index >= 15 is 0 Å². The van der Waals surface area contributed by atoms with Gasteiger partial charge < -0.3 is 19.5 Å². The monoisotopic (exact) mass is 257 g/mol. The molecule has 0 aliphatic carbocycles. The maximum absolute atomic E-state index is 5.81. The van der Waals surface area contributed by atoms with E-state index < -0.39 is 0 Å². The van der Waals surface area contributed by atoms with Crippen LogP contribution in [0.3, 0.4) is 0 Å². The van der Waals surface area contributed by atoms with Crippen LogP contribution in [0.2, 0.25) is 0 Å². The van der Waals surface area contributed by atoms with E-state index in [-0.39, 0.29) is 0 Å². The van der Waals surface area contributed by atoms with Gasteiger partial charge in [-0.15, -0.1) is 0 Å². The Balaban J connectivity index is 1.81. The quantitative estimate of drug-likeness (QED) is 0.703. The first-order valence-corrected chi connectivity index (χ1v) is 7.24. The molecular formula is C14H27NO3. The van der Waals surface area contributed by atoms with Crippen molar-refractivity contribution in [1.29, 1.82) is 0 Å². The maximum Gasteiger partial charge on any atom is 0.0587 e. The molecule has 0 aromatic rings. The molecule has 2 fully saturated rings. The van der Waals surface area contributed by atoms with E-state index in [1.807, 2.05) is 0 Å². The lowest BCUT2D eigenvalue weighted by Crippen LogP contribution is -2.42. The molecule has 0 bridgehead atoms. The molecule has 2 rings (SSSR count). The molecule has 2 heterocycles. The van der Waals surface area contributed by atoms with Gasteiger partial charge in [0.15, 0.2) is 0 Å². The predicted octanol–water partition coefficient (Wildman–Crippen LogP) is 1.59. The molecule has 0 saturated carbocycles. The summed E-state index contributed by atoms with van der Waals surface area (Å²) >= 11 is 0. The molecule has 0 spiro atoms. The second kappa shape index (κ2) is 7.43. The standard InChI is InChI=1S/C14H27NO3/c1-16-10-6-15-12-14(4-8-17-9-5-14)11-13-3-2-7-18-13/h13,15H,2-12H2,1H3. The van der Waals surface area contributed by atoms with Gasteiger partial charge in [0.1, 0.15) is 0 Å². The number of nitrogens with one attached hydrogen (secondary N) is 1. The van der Waals surface area contributed by atoms with Crippen LogP contribution >= 0.6 is 0 Å². The van der Waals surface area contributed by atoms with Gasteiger partial charge in [-0.1, -0.05) is 0 Å². The highest BCUT2D eigenvalue weighted by Gasteiger charge is 2.35. The van der Waals surface area contributed by atoms with Crippen LogP contribution in [-0.4, -0.2) is 52.7 Å². The highest BCUT2D eigenvalue weighted by atomic mass is 16.5. The largest absolute Gasteiger partial charge is 0.383 e. The first kappa shape index (κ1) is 14.3. The Labute approximate surface area is 110 Å². The molecular weight excluding hydrogens is 230 g/mol. The summed E-state index contributed by atoms with van der Waals surface area (Å²) in [4.78, 5) is 0. The Bertz CT molecular complexity index is 223. The molecule has 2 saturated heterocycles.